The molecular formula is C10H13FS2. The van der Waals surface area contributed by atoms with Crippen molar-refractivity contribution in [2.75, 3.05) is 11.5 Å². The van der Waals surface area contributed by atoms with Gasteiger partial charge in [0, 0.05) is 10.6 Å². The minimum absolute atomic E-state index is 0.174. The van der Waals surface area contributed by atoms with Gasteiger partial charge in [-0.1, -0.05) is 6.92 Å². The van der Waals surface area contributed by atoms with Crippen LogP contribution >= 0.6 is 24.4 Å². The van der Waals surface area contributed by atoms with Gasteiger partial charge in [-0.15, -0.1) is 11.8 Å². The van der Waals surface area contributed by atoms with Crippen molar-refractivity contribution in [2.24, 2.45) is 5.92 Å². The average molecular weight is 216 g/mol. The molecule has 1 aromatic carbocycles. The summed E-state index contributed by atoms with van der Waals surface area (Å²) in [4.78, 5) is 1.12. The van der Waals surface area contributed by atoms with Crippen molar-refractivity contribution in [1.82, 2.24) is 0 Å². The summed E-state index contributed by atoms with van der Waals surface area (Å²) in [6, 6.07) is 6.61. The Bertz CT molecular complexity index is 246. The Labute approximate surface area is 88.3 Å². The Morgan fingerprint density at radius 3 is 2.54 bits per heavy atom. The van der Waals surface area contributed by atoms with Gasteiger partial charge in [0.2, 0.25) is 0 Å². The Morgan fingerprint density at radius 2 is 2.00 bits per heavy atom. The Balaban J connectivity index is 2.41. The van der Waals surface area contributed by atoms with E-state index in [1.807, 2.05) is 12.1 Å². The highest BCUT2D eigenvalue weighted by molar-refractivity contribution is 7.99. The third kappa shape index (κ3) is 4.05. The smallest absolute Gasteiger partial charge is 0.123 e. The van der Waals surface area contributed by atoms with Gasteiger partial charge < -0.3 is 0 Å². The summed E-state index contributed by atoms with van der Waals surface area (Å²) >= 11 is 5.95. The summed E-state index contributed by atoms with van der Waals surface area (Å²) < 4.78 is 12.5. The van der Waals surface area contributed by atoms with Gasteiger partial charge in [-0.05, 0) is 35.9 Å². The van der Waals surface area contributed by atoms with Gasteiger partial charge >= 0.3 is 0 Å². The van der Waals surface area contributed by atoms with Crippen molar-refractivity contribution in [1.29, 1.82) is 0 Å². The van der Waals surface area contributed by atoms with Crippen LogP contribution in [0.2, 0.25) is 0 Å². The molecule has 1 atom stereocenters. The maximum absolute atomic E-state index is 12.5. The molecule has 0 saturated carbocycles. The summed E-state index contributed by atoms with van der Waals surface area (Å²) in [6.45, 7) is 2.16. The van der Waals surface area contributed by atoms with E-state index in [9.17, 15) is 4.39 Å². The van der Waals surface area contributed by atoms with E-state index in [4.69, 9.17) is 0 Å². The Hall–Kier alpha value is -0.150. The summed E-state index contributed by atoms with van der Waals surface area (Å²) in [7, 11) is 0. The molecule has 3 heteroatoms. The third-order valence-electron chi connectivity index (χ3n) is 1.66. The molecule has 0 aliphatic heterocycles. The average Bonchev–Trinajstić information content (AvgIpc) is 2.16. The molecule has 0 heterocycles. The van der Waals surface area contributed by atoms with Crippen LogP contribution in [0.5, 0.6) is 0 Å². The molecule has 0 nitrogen and oxygen atoms in total. The zero-order valence-corrected chi connectivity index (χ0v) is 9.25. The van der Waals surface area contributed by atoms with E-state index < -0.39 is 0 Å². The van der Waals surface area contributed by atoms with Gasteiger partial charge in [0.25, 0.3) is 0 Å². The van der Waals surface area contributed by atoms with Crippen molar-refractivity contribution in [2.45, 2.75) is 11.8 Å². The molecule has 0 amide bonds. The molecule has 0 aliphatic carbocycles. The minimum atomic E-state index is -0.174. The van der Waals surface area contributed by atoms with E-state index in [-0.39, 0.29) is 5.82 Å². The van der Waals surface area contributed by atoms with Crippen molar-refractivity contribution in [3.8, 4) is 0 Å². The first-order valence-electron chi connectivity index (χ1n) is 4.21. The predicted molar refractivity (Wildman–Crippen MR) is 60.1 cm³/mol. The second kappa shape index (κ2) is 5.55. The zero-order valence-electron chi connectivity index (χ0n) is 7.53. The Morgan fingerprint density at radius 1 is 1.38 bits per heavy atom. The lowest BCUT2D eigenvalue weighted by atomic mass is 10.3. The van der Waals surface area contributed by atoms with Gasteiger partial charge in [-0.2, -0.15) is 12.6 Å². The fourth-order valence-electron chi connectivity index (χ4n) is 0.822. The van der Waals surface area contributed by atoms with Crippen molar-refractivity contribution in [3.63, 3.8) is 0 Å². The normalized spacial score (nSPS) is 12.8. The molecular weight excluding hydrogens is 203 g/mol. The minimum Gasteiger partial charge on any atom is -0.207 e. The number of halogens is 1. The van der Waals surface area contributed by atoms with Crippen LogP contribution < -0.4 is 0 Å². The van der Waals surface area contributed by atoms with Crippen molar-refractivity contribution in [3.05, 3.63) is 30.1 Å². The molecule has 72 valence electrons. The second-order valence-corrected chi connectivity index (χ2v) is 4.51. The van der Waals surface area contributed by atoms with Gasteiger partial charge in [-0.3, -0.25) is 0 Å². The molecule has 0 fully saturated rings. The summed E-state index contributed by atoms with van der Waals surface area (Å²) in [5, 5.41) is 0. The van der Waals surface area contributed by atoms with Gasteiger partial charge in [0.05, 0.1) is 0 Å². The molecule has 0 bridgehead atoms. The van der Waals surface area contributed by atoms with E-state index in [0.717, 1.165) is 16.4 Å². The molecule has 0 N–H and O–H groups in total. The number of benzene rings is 1. The van der Waals surface area contributed by atoms with E-state index >= 15 is 0 Å². The van der Waals surface area contributed by atoms with Crippen LogP contribution in [0.4, 0.5) is 4.39 Å². The highest BCUT2D eigenvalue weighted by Gasteiger charge is 2.00. The number of rotatable bonds is 4. The van der Waals surface area contributed by atoms with Gasteiger partial charge in [0.1, 0.15) is 5.82 Å². The van der Waals surface area contributed by atoms with Crippen molar-refractivity contribution >= 4 is 24.4 Å². The maximum atomic E-state index is 12.5. The number of hydrogen-bond acceptors (Lipinski definition) is 2. The van der Waals surface area contributed by atoms with Crippen LogP contribution in [0.1, 0.15) is 6.92 Å². The lowest BCUT2D eigenvalue weighted by Gasteiger charge is -2.06. The summed E-state index contributed by atoms with van der Waals surface area (Å²) in [5.74, 6) is 2.36. The predicted octanol–water partition coefficient (Wildman–Crippen LogP) is 3.48. The fraction of sp³-hybridized carbons (Fsp3) is 0.400. The molecule has 0 spiro atoms. The fourth-order valence-corrected chi connectivity index (χ4v) is 2.05. The molecule has 0 aliphatic rings. The zero-order chi connectivity index (χ0) is 9.68. The molecule has 1 unspecified atom stereocenters. The van der Waals surface area contributed by atoms with E-state index in [0.29, 0.717) is 5.92 Å². The van der Waals surface area contributed by atoms with Crippen molar-refractivity contribution < 1.29 is 4.39 Å². The van der Waals surface area contributed by atoms with Crippen LogP contribution in [0.15, 0.2) is 29.2 Å². The maximum Gasteiger partial charge on any atom is 0.123 e. The van der Waals surface area contributed by atoms with Crippen LogP contribution in [0.25, 0.3) is 0 Å². The van der Waals surface area contributed by atoms with Crippen LogP contribution in [0, 0.1) is 11.7 Å². The SMILES string of the molecule is CC(CS)CSc1ccc(F)cc1. The second-order valence-electron chi connectivity index (χ2n) is 3.05. The van der Waals surface area contributed by atoms with Gasteiger partial charge in [-0.25, -0.2) is 4.39 Å². The van der Waals surface area contributed by atoms with Crippen LogP contribution in [-0.2, 0) is 0 Å². The highest BCUT2D eigenvalue weighted by atomic mass is 32.2. The first-order valence-corrected chi connectivity index (χ1v) is 5.83. The number of hydrogen-bond donors (Lipinski definition) is 1. The monoisotopic (exact) mass is 216 g/mol. The first-order chi connectivity index (χ1) is 6.22. The van der Waals surface area contributed by atoms with E-state index in [2.05, 4.69) is 19.6 Å². The number of thioether (sulfide) groups is 1. The first kappa shape index (κ1) is 10.9. The van der Waals surface area contributed by atoms with Crippen LogP contribution in [0.3, 0.4) is 0 Å². The summed E-state index contributed by atoms with van der Waals surface area (Å²) in [6.07, 6.45) is 0. The summed E-state index contributed by atoms with van der Waals surface area (Å²) in [5.41, 5.74) is 0. The lowest BCUT2D eigenvalue weighted by Crippen LogP contribution is -1.98. The largest absolute Gasteiger partial charge is 0.207 e. The quantitative estimate of drug-likeness (QED) is 0.594. The topological polar surface area (TPSA) is 0 Å². The van der Waals surface area contributed by atoms with E-state index in [1.165, 1.54) is 12.1 Å². The third-order valence-corrected chi connectivity index (χ3v) is 3.62. The molecule has 1 aromatic rings. The Kier molecular flexibility index (Phi) is 4.67. The molecule has 0 saturated heterocycles. The number of thiol groups is 1. The standard InChI is InChI=1S/C10H13FS2/c1-8(6-12)7-13-10-4-2-9(11)3-5-10/h2-5,8,12H,6-7H2,1H3. The van der Waals surface area contributed by atoms with Gasteiger partial charge in [0.15, 0.2) is 0 Å². The highest BCUT2D eigenvalue weighted by Crippen LogP contribution is 2.21. The molecule has 0 radical (unpaired) electrons. The molecule has 1 rings (SSSR count). The molecule has 0 aromatic heterocycles. The lowest BCUT2D eigenvalue weighted by molar-refractivity contribution is 0.626. The molecule has 13 heavy (non-hydrogen) atoms. The van der Waals surface area contributed by atoms with Crippen LogP contribution in [-0.4, -0.2) is 11.5 Å². The van der Waals surface area contributed by atoms with E-state index in [1.54, 1.807) is 11.8 Å².